The molecule has 0 aromatic carbocycles. The van der Waals surface area contributed by atoms with Crippen LogP contribution in [0.3, 0.4) is 0 Å². The molecule has 1 heterocycles. The van der Waals surface area contributed by atoms with E-state index in [-0.39, 0.29) is 12.5 Å². The van der Waals surface area contributed by atoms with Gasteiger partial charge in [-0.3, -0.25) is 4.79 Å². The number of nitrogens with zero attached hydrogens (tertiary/aromatic N) is 1. The Bertz CT molecular complexity index is 146. The molecule has 0 atom stereocenters. The van der Waals surface area contributed by atoms with Crippen LogP contribution in [0.5, 0.6) is 0 Å². The smallest absolute Gasteiger partial charge is 0.232 e. The number of thioether (sulfide) groups is 1. The first kappa shape index (κ1) is 9.86. The molecule has 1 rings (SSSR count). The van der Waals surface area contributed by atoms with Crippen LogP contribution in [-0.2, 0) is 4.79 Å². The van der Waals surface area contributed by atoms with Crippen molar-refractivity contribution in [3.05, 3.63) is 0 Å². The van der Waals surface area contributed by atoms with Crippen LogP contribution in [0.2, 0.25) is 0 Å². The molecule has 1 amide bonds. The maximum Gasteiger partial charge on any atom is 0.232 e. The van der Waals surface area contributed by atoms with E-state index < -0.39 is 0 Å². The van der Waals surface area contributed by atoms with Crippen LogP contribution in [-0.4, -0.2) is 47.1 Å². The molecule has 1 saturated heterocycles. The second kappa shape index (κ2) is 5.43. The van der Waals surface area contributed by atoms with Crippen LogP contribution in [0.15, 0.2) is 0 Å². The summed E-state index contributed by atoms with van der Waals surface area (Å²) in [5.41, 5.74) is 0. The van der Waals surface area contributed by atoms with Gasteiger partial charge < -0.3 is 10.0 Å². The van der Waals surface area contributed by atoms with Gasteiger partial charge in [-0.05, 0) is 12.8 Å². The Kier molecular flexibility index (Phi) is 4.46. The number of rotatable bonds is 4. The minimum atomic E-state index is 0.165. The number of hydrogen-bond donors (Lipinski definition) is 1. The number of hydrogen-bond acceptors (Lipinski definition) is 3. The van der Waals surface area contributed by atoms with Crippen molar-refractivity contribution in [3.63, 3.8) is 0 Å². The summed E-state index contributed by atoms with van der Waals surface area (Å²) in [4.78, 5) is 13.3. The van der Waals surface area contributed by atoms with Gasteiger partial charge in [0.15, 0.2) is 0 Å². The molecule has 4 heteroatoms. The fraction of sp³-hybridized carbons (Fsp3) is 0.875. The van der Waals surface area contributed by atoms with Crippen molar-refractivity contribution in [2.45, 2.75) is 12.8 Å². The molecule has 3 nitrogen and oxygen atoms in total. The van der Waals surface area contributed by atoms with Gasteiger partial charge in [-0.15, -0.1) is 11.8 Å². The zero-order chi connectivity index (χ0) is 8.81. The van der Waals surface area contributed by atoms with Crippen molar-refractivity contribution < 1.29 is 9.90 Å². The molecule has 0 spiro atoms. The standard InChI is InChI=1S/C8H15NO2S/c10-5-6-12-7-8(11)9-3-1-2-4-9/h10H,1-7H2. The number of aliphatic hydroxyl groups is 1. The largest absolute Gasteiger partial charge is 0.396 e. The highest BCUT2D eigenvalue weighted by atomic mass is 32.2. The predicted octanol–water partition coefficient (Wildman–Crippen LogP) is 0.334. The summed E-state index contributed by atoms with van der Waals surface area (Å²) in [6.45, 7) is 2.02. The molecule has 0 aliphatic carbocycles. The third-order valence-corrected chi connectivity index (χ3v) is 2.84. The number of likely N-dealkylation sites (tertiary alicyclic amines) is 1. The highest BCUT2D eigenvalue weighted by Crippen LogP contribution is 2.10. The highest BCUT2D eigenvalue weighted by molar-refractivity contribution is 7.99. The molecule has 0 saturated carbocycles. The molecule has 0 aromatic rings. The third kappa shape index (κ3) is 3.03. The molecule has 1 aliphatic rings. The van der Waals surface area contributed by atoms with E-state index in [1.807, 2.05) is 4.90 Å². The van der Waals surface area contributed by atoms with Crippen molar-refractivity contribution >= 4 is 17.7 Å². The van der Waals surface area contributed by atoms with Crippen LogP contribution in [0.4, 0.5) is 0 Å². The number of aliphatic hydroxyl groups excluding tert-OH is 1. The molecule has 0 aromatic heterocycles. The summed E-state index contributed by atoms with van der Waals surface area (Å²) in [7, 11) is 0. The Morgan fingerprint density at radius 3 is 2.67 bits per heavy atom. The van der Waals surface area contributed by atoms with E-state index in [4.69, 9.17) is 5.11 Å². The summed E-state index contributed by atoms with van der Waals surface area (Å²) in [6, 6.07) is 0. The number of amides is 1. The summed E-state index contributed by atoms with van der Waals surface area (Å²) in [5.74, 6) is 1.42. The van der Waals surface area contributed by atoms with Gasteiger partial charge in [-0.1, -0.05) is 0 Å². The van der Waals surface area contributed by atoms with E-state index in [1.165, 1.54) is 11.8 Å². The lowest BCUT2D eigenvalue weighted by molar-refractivity contribution is -0.127. The topological polar surface area (TPSA) is 40.5 Å². The lowest BCUT2D eigenvalue weighted by Gasteiger charge is -2.14. The molecule has 0 bridgehead atoms. The molecule has 1 fully saturated rings. The first-order valence-corrected chi connectivity index (χ1v) is 5.46. The van der Waals surface area contributed by atoms with Crippen LogP contribution >= 0.6 is 11.8 Å². The van der Waals surface area contributed by atoms with E-state index >= 15 is 0 Å². The van der Waals surface area contributed by atoms with E-state index in [0.29, 0.717) is 11.5 Å². The first-order chi connectivity index (χ1) is 5.84. The molecule has 70 valence electrons. The van der Waals surface area contributed by atoms with Gasteiger partial charge in [0.05, 0.1) is 12.4 Å². The number of carbonyl (C=O) groups excluding carboxylic acids is 1. The summed E-state index contributed by atoms with van der Waals surface area (Å²) in [6.07, 6.45) is 2.30. The molecule has 0 radical (unpaired) electrons. The lowest BCUT2D eigenvalue weighted by Crippen LogP contribution is -2.29. The second-order valence-electron chi connectivity index (χ2n) is 2.86. The van der Waals surface area contributed by atoms with Crippen molar-refractivity contribution in [2.24, 2.45) is 0 Å². The fourth-order valence-electron chi connectivity index (χ4n) is 1.28. The molecular formula is C8H15NO2S. The normalized spacial score (nSPS) is 16.9. The molecule has 1 N–H and O–H groups in total. The van der Waals surface area contributed by atoms with Crippen LogP contribution in [0.1, 0.15) is 12.8 Å². The second-order valence-corrected chi connectivity index (χ2v) is 3.97. The van der Waals surface area contributed by atoms with E-state index in [2.05, 4.69) is 0 Å². The molecule has 0 unspecified atom stereocenters. The maximum absolute atomic E-state index is 11.3. The monoisotopic (exact) mass is 189 g/mol. The minimum Gasteiger partial charge on any atom is -0.396 e. The average Bonchev–Trinajstić information content (AvgIpc) is 2.56. The van der Waals surface area contributed by atoms with Gasteiger partial charge in [0.1, 0.15) is 0 Å². The Hall–Kier alpha value is -0.220. The Morgan fingerprint density at radius 2 is 2.08 bits per heavy atom. The average molecular weight is 189 g/mol. The zero-order valence-corrected chi connectivity index (χ0v) is 7.98. The summed E-state index contributed by atoms with van der Waals surface area (Å²) < 4.78 is 0. The van der Waals surface area contributed by atoms with Crippen LogP contribution in [0, 0.1) is 0 Å². The van der Waals surface area contributed by atoms with Gasteiger partial charge in [-0.2, -0.15) is 0 Å². The Morgan fingerprint density at radius 1 is 1.42 bits per heavy atom. The lowest BCUT2D eigenvalue weighted by atomic mass is 10.4. The SMILES string of the molecule is O=C(CSCCO)N1CCCC1. The van der Waals surface area contributed by atoms with Crippen LogP contribution < -0.4 is 0 Å². The van der Waals surface area contributed by atoms with Crippen molar-refractivity contribution in [2.75, 3.05) is 31.2 Å². The van der Waals surface area contributed by atoms with E-state index in [9.17, 15) is 4.79 Å². The Labute approximate surface area is 77.1 Å². The summed E-state index contributed by atoms with van der Waals surface area (Å²) in [5, 5.41) is 8.50. The zero-order valence-electron chi connectivity index (χ0n) is 7.16. The van der Waals surface area contributed by atoms with Crippen LogP contribution in [0.25, 0.3) is 0 Å². The van der Waals surface area contributed by atoms with Crippen molar-refractivity contribution in [1.82, 2.24) is 4.90 Å². The molecular weight excluding hydrogens is 174 g/mol. The van der Waals surface area contributed by atoms with Crippen molar-refractivity contribution in [3.8, 4) is 0 Å². The Balaban J connectivity index is 2.10. The maximum atomic E-state index is 11.3. The summed E-state index contributed by atoms with van der Waals surface area (Å²) >= 11 is 1.51. The highest BCUT2D eigenvalue weighted by Gasteiger charge is 2.16. The first-order valence-electron chi connectivity index (χ1n) is 4.31. The minimum absolute atomic E-state index is 0.165. The van der Waals surface area contributed by atoms with Gasteiger partial charge in [-0.25, -0.2) is 0 Å². The van der Waals surface area contributed by atoms with E-state index in [0.717, 1.165) is 25.9 Å². The quantitative estimate of drug-likeness (QED) is 0.648. The van der Waals surface area contributed by atoms with Gasteiger partial charge in [0.2, 0.25) is 5.91 Å². The molecule has 12 heavy (non-hydrogen) atoms. The van der Waals surface area contributed by atoms with E-state index in [1.54, 1.807) is 0 Å². The number of carbonyl (C=O) groups is 1. The predicted molar refractivity (Wildman–Crippen MR) is 50.2 cm³/mol. The van der Waals surface area contributed by atoms with Gasteiger partial charge in [0.25, 0.3) is 0 Å². The third-order valence-electron chi connectivity index (χ3n) is 1.92. The van der Waals surface area contributed by atoms with Crippen molar-refractivity contribution in [1.29, 1.82) is 0 Å². The van der Waals surface area contributed by atoms with Gasteiger partial charge in [0, 0.05) is 18.8 Å². The molecule has 1 aliphatic heterocycles. The fourth-order valence-corrected chi connectivity index (χ4v) is 1.91. The van der Waals surface area contributed by atoms with Gasteiger partial charge >= 0.3 is 0 Å².